The van der Waals surface area contributed by atoms with E-state index in [2.05, 4.69) is 5.32 Å². The van der Waals surface area contributed by atoms with Gasteiger partial charge in [-0.3, -0.25) is 4.79 Å². The molecule has 1 aliphatic rings. The van der Waals surface area contributed by atoms with Crippen LogP contribution in [0.25, 0.3) is 0 Å². The maximum Gasteiger partial charge on any atom is 0.343 e. The van der Waals surface area contributed by atoms with Gasteiger partial charge in [-0.05, 0) is 12.8 Å². The SMILES string of the molecule is COc1cc(OC)c(C(=O)O[C@@H](C(=O)NC2CC2)c2ccccc2)cc1OC. The van der Waals surface area contributed by atoms with Gasteiger partial charge in [0.1, 0.15) is 11.3 Å². The van der Waals surface area contributed by atoms with Crippen molar-refractivity contribution in [2.75, 3.05) is 21.3 Å². The molecule has 1 fully saturated rings. The topological polar surface area (TPSA) is 83.1 Å². The molecule has 0 aliphatic heterocycles. The van der Waals surface area contributed by atoms with Gasteiger partial charge in [-0.25, -0.2) is 4.79 Å². The highest BCUT2D eigenvalue weighted by Crippen LogP contribution is 2.35. The standard InChI is InChI=1S/C21H23NO6/c1-25-16-12-18(27-3)17(26-2)11-15(16)21(24)28-19(13-7-5-4-6-8-13)20(23)22-14-9-10-14/h4-8,11-12,14,19H,9-10H2,1-3H3,(H,22,23)/t19-/m1/s1. The molecular formula is C21H23NO6. The molecule has 0 aromatic heterocycles. The molecule has 0 unspecified atom stereocenters. The predicted molar refractivity (Wildman–Crippen MR) is 102 cm³/mol. The van der Waals surface area contributed by atoms with Crippen molar-refractivity contribution in [3.8, 4) is 17.2 Å². The molecule has 28 heavy (non-hydrogen) atoms. The van der Waals surface area contributed by atoms with Crippen LogP contribution in [-0.4, -0.2) is 39.2 Å². The van der Waals surface area contributed by atoms with E-state index in [1.165, 1.54) is 33.5 Å². The number of carbonyl (C=O) groups excluding carboxylic acids is 2. The number of benzene rings is 2. The fourth-order valence-corrected chi connectivity index (χ4v) is 2.76. The van der Waals surface area contributed by atoms with Crippen molar-refractivity contribution in [3.05, 3.63) is 53.6 Å². The summed E-state index contributed by atoms with van der Waals surface area (Å²) in [4.78, 5) is 25.6. The molecule has 2 aromatic carbocycles. The zero-order valence-electron chi connectivity index (χ0n) is 16.1. The highest BCUT2D eigenvalue weighted by Gasteiger charge is 2.32. The summed E-state index contributed by atoms with van der Waals surface area (Å²) in [7, 11) is 4.39. The number of carbonyl (C=O) groups is 2. The summed E-state index contributed by atoms with van der Waals surface area (Å²) in [6, 6.07) is 12.1. The second kappa shape index (κ2) is 8.65. The Morgan fingerprint density at radius 3 is 2.11 bits per heavy atom. The number of hydrogen-bond acceptors (Lipinski definition) is 6. The summed E-state index contributed by atoms with van der Waals surface area (Å²) < 4.78 is 21.4. The van der Waals surface area contributed by atoms with Crippen molar-refractivity contribution in [2.24, 2.45) is 0 Å². The van der Waals surface area contributed by atoms with Crippen LogP contribution in [-0.2, 0) is 9.53 Å². The number of rotatable bonds is 8. The number of ether oxygens (including phenoxy) is 4. The molecule has 0 saturated heterocycles. The van der Waals surface area contributed by atoms with Gasteiger partial charge in [-0.2, -0.15) is 0 Å². The van der Waals surface area contributed by atoms with E-state index in [0.717, 1.165) is 12.8 Å². The van der Waals surface area contributed by atoms with Gasteiger partial charge in [0.2, 0.25) is 6.10 Å². The largest absolute Gasteiger partial charge is 0.496 e. The van der Waals surface area contributed by atoms with Crippen LogP contribution in [0.4, 0.5) is 0 Å². The minimum absolute atomic E-state index is 0.139. The van der Waals surface area contributed by atoms with E-state index in [9.17, 15) is 9.59 Å². The van der Waals surface area contributed by atoms with Crippen LogP contribution in [0.5, 0.6) is 17.2 Å². The van der Waals surface area contributed by atoms with Crippen molar-refractivity contribution in [1.29, 1.82) is 0 Å². The highest BCUT2D eigenvalue weighted by atomic mass is 16.6. The number of nitrogens with one attached hydrogen (secondary N) is 1. The lowest BCUT2D eigenvalue weighted by Gasteiger charge is -2.19. The maximum atomic E-state index is 12.9. The minimum Gasteiger partial charge on any atom is -0.496 e. The summed E-state index contributed by atoms with van der Waals surface area (Å²) in [6.45, 7) is 0. The number of amides is 1. The molecule has 7 heteroatoms. The second-order valence-electron chi connectivity index (χ2n) is 6.39. The Morgan fingerprint density at radius 2 is 1.54 bits per heavy atom. The minimum atomic E-state index is -1.06. The van der Waals surface area contributed by atoms with E-state index in [-0.39, 0.29) is 23.3 Å². The van der Waals surface area contributed by atoms with Gasteiger partial charge >= 0.3 is 5.97 Å². The molecule has 0 radical (unpaired) electrons. The third kappa shape index (κ3) is 4.36. The molecule has 0 spiro atoms. The first-order chi connectivity index (χ1) is 13.6. The molecule has 0 bridgehead atoms. The maximum absolute atomic E-state index is 12.9. The Morgan fingerprint density at radius 1 is 0.929 bits per heavy atom. The average Bonchev–Trinajstić information content (AvgIpc) is 3.55. The second-order valence-corrected chi connectivity index (χ2v) is 6.39. The van der Waals surface area contributed by atoms with E-state index in [1.807, 2.05) is 6.07 Å². The van der Waals surface area contributed by atoms with Crippen LogP contribution in [0.3, 0.4) is 0 Å². The molecule has 1 aliphatic carbocycles. The van der Waals surface area contributed by atoms with Crippen LogP contribution >= 0.6 is 0 Å². The number of hydrogen-bond donors (Lipinski definition) is 1. The van der Waals surface area contributed by atoms with Crippen LogP contribution in [0.1, 0.15) is 34.9 Å². The lowest BCUT2D eigenvalue weighted by molar-refractivity contribution is -0.130. The molecular weight excluding hydrogens is 362 g/mol. The quantitative estimate of drug-likeness (QED) is 0.704. The Labute approximate surface area is 163 Å². The van der Waals surface area contributed by atoms with Crippen LogP contribution < -0.4 is 19.5 Å². The lowest BCUT2D eigenvalue weighted by Crippen LogP contribution is -2.33. The monoisotopic (exact) mass is 385 g/mol. The molecule has 1 amide bonds. The summed E-state index contributed by atoms with van der Waals surface area (Å²) in [5, 5.41) is 2.89. The molecule has 0 heterocycles. The smallest absolute Gasteiger partial charge is 0.343 e. The average molecular weight is 385 g/mol. The molecule has 2 aromatic rings. The van der Waals surface area contributed by atoms with Gasteiger partial charge in [0.15, 0.2) is 11.5 Å². The fourth-order valence-electron chi connectivity index (χ4n) is 2.76. The van der Waals surface area contributed by atoms with Crippen molar-refractivity contribution < 1.29 is 28.5 Å². The highest BCUT2D eigenvalue weighted by molar-refractivity contribution is 5.96. The molecule has 148 valence electrons. The van der Waals surface area contributed by atoms with Crippen molar-refractivity contribution >= 4 is 11.9 Å². The summed E-state index contributed by atoms with van der Waals surface area (Å²) in [6.07, 6.45) is 0.808. The Kier molecular flexibility index (Phi) is 6.03. The van der Waals surface area contributed by atoms with Crippen LogP contribution in [0, 0.1) is 0 Å². The van der Waals surface area contributed by atoms with E-state index >= 15 is 0 Å². The molecule has 1 saturated carbocycles. The lowest BCUT2D eigenvalue weighted by atomic mass is 10.1. The summed E-state index contributed by atoms with van der Waals surface area (Å²) in [5.74, 6) is -0.00733. The number of methoxy groups -OCH3 is 3. The Hall–Kier alpha value is -3.22. The van der Waals surface area contributed by atoms with Gasteiger partial charge in [-0.15, -0.1) is 0 Å². The molecule has 7 nitrogen and oxygen atoms in total. The normalized spacial score (nSPS) is 14.0. The predicted octanol–water partition coefficient (Wildman–Crippen LogP) is 2.89. The Bertz CT molecular complexity index is 847. The van der Waals surface area contributed by atoms with Crippen LogP contribution in [0.15, 0.2) is 42.5 Å². The summed E-state index contributed by atoms with van der Waals surface area (Å²) >= 11 is 0. The van der Waals surface area contributed by atoms with E-state index < -0.39 is 12.1 Å². The van der Waals surface area contributed by atoms with Gasteiger partial charge < -0.3 is 24.3 Å². The van der Waals surface area contributed by atoms with Gasteiger partial charge in [0.25, 0.3) is 5.91 Å². The summed E-state index contributed by atoms with van der Waals surface area (Å²) in [5.41, 5.74) is 0.730. The van der Waals surface area contributed by atoms with Gasteiger partial charge in [0.05, 0.1) is 21.3 Å². The first-order valence-corrected chi connectivity index (χ1v) is 8.93. The third-order valence-electron chi connectivity index (χ3n) is 4.41. The molecule has 1 N–H and O–H groups in total. The van der Waals surface area contributed by atoms with E-state index in [0.29, 0.717) is 17.1 Å². The van der Waals surface area contributed by atoms with Gasteiger partial charge in [-0.1, -0.05) is 30.3 Å². The molecule has 1 atom stereocenters. The van der Waals surface area contributed by atoms with Crippen molar-refractivity contribution in [3.63, 3.8) is 0 Å². The van der Waals surface area contributed by atoms with Gasteiger partial charge in [0, 0.05) is 23.7 Å². The zero-order valence-corrected chi connectivity index (χ0v) is 16.1. The van der Waals surface area contributed by atoms with E-state index in [4.69, 9.17) is 18.9 Å². The molecule has 3 rings (SSSR count). The Balaban J connectivity index is 1.90. The first kappa shape index (κ1) is 19.5. The van der Waals surface area contributed by atoms with Crippen LogP contribution in [0.2, 0.25) is 0 Å². The number of esters is 1. The third-order valence-corrected chi connectivity index (χ3v) is 4.41. The van der Waals surface area contributed by atoms with Crippen molar-refractivity contribution in [2.45, 2.75) is 25.0 Å². The first-order valence-electron chi connectivity index (χ1n) is 8.93. The fraction of sp³-hybridized carbons (Fsp3) is 0.333. The zero-order chi connectivity index (χ0) is 20.1. The van der Waals surface area contributed by atoms with Crippen molar-refractivity contribution in [1.82, 2.24) is 5.32 Å². The van der Waals surface area contributed by atoms with E-state index in [1.54, 1.807) is 24.3 Å².